The van der Waals surface area contributed by atoms with Gasteiger partial charge < -0.3 is 4.90 Å². The van der Waals surface area contributed by atoms with E-state index >= 15 is 0 Å². The Morgan fingerprint density at radius 2 is 1.96 bits per heavy atom. The average molecular weight is 324 g/mol. The lowest BCUT2D eigenvalue weighted by atomic mass is 9.91. The molecule has 1 aromatic carbocycles. The summed E-state index contributed by atoms with van der Waals surface area (Å²) in [5.74, 6) is 0.524. The maximum Gasteiger partial charge on any atom is 0.324 e. The largest absolute Gasteiger partial charge is 0.324 e. The fourth-order valence-electron chi connectivity index (χ4n) is 3.96. The smallest absolute Gasteiger partial charge is 0.324 e. The van der Waals surface area contributed by atoms with Crippen LogP contribution in [0, 0.1) is 0 Å². The predicted octanol–water partition coefficient (Wildman–Crippen LogP) is 3.17. The molecule has 4 rings (SSSR count). The third kappa shape index (κ3) is 2.79. The number of aryl methyl sites for hydroxylation is 2. The molecule has 0 unspecified atom stereocenters. The quantitative estimate of drug-likeness (QED) is 0.808. The fraction of sp³-hybridized carbons (Fsp3) is 0.474. The fourth-order valence-corrected chi connectivity index (χ4v) is 3.96. The van der Waals surface area contributed by atoms with E-state index < -0.39 is 0 Å². The molecule has 0 aliphatic carbocycles. The number of amides is 2. The first kappa shape index (κ1) is 15.2. The van der Waals surface area contributed by atoms with Gasteiger partial charge in [0.2, 0.25) is 0 Å². The molecule has 0 radical (unpaired) electrons. The minimum absolute atomic E-state index is 0.173. The average Bonchev–Trinajstić information content (AvgIpc) is 3.07. The van der Waals surface area contributed by atoms with E-state index in [0.29, 0.717) is 5.92 Å². The molecule has 3 heterocycles. The zero-order valence-electron chi connectivity index (χ0n) is 14.2. The Hall–Kier alpha value is -2.30. The Balaban J connectivity index is 1.44. The Morgan fingerprint density at radius 3 is 2.71 bits per heavy atom. The number of rotatable bonds is 1. The highest BCUT2D eigenvalue weighted by Crippen LogP contribution is 2.31. The summed E-state index contributed by atoms with van der Waals surface area (Å²) in [6, 6.07) is 8.48. The van der Waals surface area contributed by atoms with Gasteiger partial charge in [-0.2, -0.15) is 5.10 Å². The molecule has 5 heteroatoms. The van der Waals surface area contributed by atoms with Crippen molar-refractivity contribution in [3.8, 4) is 0 Å². The molecule has 0 saturated carbocycles. The van der Waals surface area contributed by atoms with Crippen LogP contribution in [0.2, 0.25) is 0 Å². The van der Waals surface area contributed by atoms with Crippen molar-refractivity contribution in [2.24, 2.45) is 7.05 Å². The number of urea groups is 1. The molecule has 1 fully saturated rings. The Kier molecular flexibility index (Phi) is 4.00. The van der Waals surface area contributed by atoms with Crippen molar-refractivity contribution in [3.05, 3.63) is 47.8 Å². The van der Waals surface area contributed by atoms with Gasteiger partial charge in [-0.05, 0) is 48.8 Å². The Morgan fingerprint density at radius 1 is 1.17 bits per heavy atom. The molecule has 5 nitrogen and oxygen atoms in total. The third-order valence-corrected chi connectivity index (χ3v) is 5.30. The number of aromatic nitrogens is 2. The van der Waals surface area contributed by atoms with Crippen molar-refractivity contribution in [2.45, 2.75) is 31.6 Å². The standard InChI is InChI=1S/C19H24N4O/c1-21-14-17(13-20-21)15-8-11-22(12-9-15)19(24)23-10-4-6-16-5-2-3-7-18(16)23/h2-3,5,7,13-15H,4,6,8-12H2,1H3. The van der Waals surface area contributed by atoms with Crippen LogP contribution < -0.4 is 4.90 Å². The van der Waals surface area contributed by atoms with Gasteiger partial charge in [0.25, 0.3) is 0 Å². The molecule has 2 aliphatic rings. The summed E-state index contributed by atoms with van der Waals surface area (Å²) in [5.41, 5.74) is 3.69. The highest BCUT2D eigenvalue weighted by Gasteiger charge is 2.30. The number of hydrogen-bond acceptors (Lipinski definition) is 2. The number of piperidine rings is 1. The third-order valence-electron chi connectivity index (χ3n) is 5.30. The Bertz CT molecular complexity index is 730. The lowest BCUT2D eigenvalue weighted by molar-refractivity contribution is 0.187. The molecule has 1 aromatic heterocycles. The molecule has 0 atom stereocenters. The summed E-state index contributed by atoms with van der Waals surface area (Å²) in [6.07, 6.45) is 8.23. The molecule has 126 valence electrons. The van der Waals surface area contributed by atoms with Gasteiger partial charge >= 0.3 is 6.03 Å². The van der Waals surface area contributed by atoms with Crippen LogP contribution in [0.3, 0.4) is 0 Å². The van der Waals surface area contributed by atoms with Crippen molar-refractivity contribution in [1.82, 2.24) is 14.7 Å². The predicted molar refractivity (Wildman–Crippen MR) is 94.3 cm³/mol. The van der Waals surface area contributed by atoms with E-state index in [0.717, 1.165) is 51.0 Å². The van der Waals surface area contributed by atoms with Crippen molar-refractivity contribution in [3.63, 3.8) is 0 Å². The zero-order chi connectivity index (χ0) is 16.5. The van der Waals surface area contributed by atoms with Crippen LogP contribution in [0.5, 0.6) is 0 Å². The van der Waals surface area contributed by atoms with Crippen LogP contribution in [0.1, 0.15) is 36.3 Å². The Labute approximate surface area is 142 Å². The summed E-state index contributed by atoms with van der Waals surface area (Å²) in [4.78, 5) is 17.0. The van der Waals surface area contributed by atoms with Gasteiger partial charge in [-0.3, -0.25) is 9.58 Å². The van der Waals surface area contributed by atoms with E-state index in [1.807, 2.05) is 33.8 Å². The van der Waals surface area contributed by atoms with Gasteiger partial charge in [0.15, 0.2) is 0 Å². The van der Waals surface area contributed by atoms with Crippen molar-refractivity contribution in [2.75, 3.05) is 24.5 Å². The lowest BCUT2D eigenvalue weighted by Crippen LogP contribution is -2.48. The number of para-hydroxylation sites is 1. The number of nitrogens with zero attached hydrogens (tertiary/aromatic N) is 4. The summed E-state index contributed by atoms with van der Waals surface area (Å²) >= 11 is 0. The summed E-state index contributed by atoms with van der Waals surface area (Å²) < 4.78 is 1.86. The summed E-state index contributed by atoms with van der Waals surface area (Å²) in [5, 5.41) is 4.27. The maximum absolute atomic E-state index is 13.0. The minimum Gasteiger partial charge on any atom is -0.324 e. The SMILES string of the molecule is Cn1cc(C2CCN(C(=O)N3CCCc4ccccc43)CC2)cn1. The van der Waals surface area contributed by atoms with Gasteiger partial charge in [0.1, 0.15) is 0 Å². The van der Waals surface area contributed by atoms with Crippen LogP contribution >= 0.6 is 0 Å². The molecular formula is C19H24N4O. The highest BCUT2D eigenvalue weighted by atomic mass is 16.2. The van der Waals surface area contributed by atoms with Crippen molar-refractivity contribution >= 4 is 11.7 Å². The number of carbonyl (C=O) groups is 1. The molecule has 24 heavy (non-hydrogen) atoms. The highest BCUT2D eigenvalue weighted by molar-refractivity contribution is 5.93. The van der Waals surface area contributed by atoms with Crippen LogP contribution in [-0.4, -0.2) is 40.3 Å². The molecule has 2 aromatic rings. The monoisotopic (exact) mass is 324 g/mol. The van der Waals surface area contributed by atoms with Gasteiger partial charge in [-0.15, -0.1) is 0 Å². The van der Waals surface area contributed by atoms with Crippen LogP contribution in [0.4, 0.5) is 10.5 Å². The normalized spacial score (nSPS) is 18.5. The summed E-state index contributed by atoms with van der Waals surface area (Å²) in [6.45, 7) is 2.49. The van der Waals surface area contributed by atoms with Crippen LogP contribution in [0.15, 0.2) is 36.7 Å². The van der Waals surface area contributed by atoms with Gasteiger partial charge in [-0.1, -0.05) is 18.2 Å². The van der Waals surface area contributed by atoms with E-state index in [9.17, 15) is 4.79 Å². The van der Waals surface area contributed by atoms with E-state index in [1.165, 1.54) is 11.1 Å². The first-order valence-electron chi connectivity index (χ1n) is 8.85. The molecule has 0 bridgehead atoms. The van der Waals surface area contributed by atoms with E-state index in [-0.39, 0.29) is 6.03 Å². The summed E-state index contributed by atoms with van der Waals surface area (Å²) in [7, 11) is 1.95. The first-order chi connectivity index (χ1) is 11.7. The molecule has 2 amide bonds. The molecule has 2 aliphatic heterocycles. The van der Waals surface area contributed by atoms with Crippen LogP contribution in [-0.2, 0) is 13.5 Å². The van der Waals surface area contributed by atoms with E-state index in [2.05, 4.69) is 29.5 Å². The molecule has 1 saturated heterocycles. The molecule has 0 N–H and O–H groups in total. The topological polar surface area (TPSA) is 41.4 Å². The number of likely N-dealkylation sites (tertiary alicyclic amines) is 1. The number of fused-ring (bicyclic) bond motifs is 1. The number of carbonyl (C=O) groups excluding carboxylic acids is 1. The van der Waals surface area contributed by atoms with Crippen LogP contribution in [0.25, 0.3) is 0 Å². The van der Waals surface area contributed by atoms with Gasteiger partial charge in [0, 0.05) is 38.6 Å². The van der Waals surface area contributed by atoms with Gasteiger partial charge in [0.05, 0.1) is 6.20 Å². The second-order valence-corrected chi connectivity index (χ2v) is 6.88. The van der Waals surface area contributed by atoms with E-state index in [4.69, 9.17) is 0 Å². The van der Waals surface area contributed by atoms with Gasteiger partial charge in [-0.25, -0.2) is 4.79 Å². The second-order valence-electron chi connectivity index (χ2n) is 6.88. The maximum atomic E-state index is 13.0. The molecule has 0 spiro atoms. The lowest BCUT2D eigenvalue weighted by Gasteiger charge is -2.37. The minimum atomic E-state index is 0.173. The van der Waals surface area contributed by atoms with Crippen molar-refractivity contribution < 1.29 is 4.79 Å². The second kappa shape index (κ2) is 6.30. The number of anilines is 1. The first-order valence-corrected chi connectivity index (χ1v) is 8.85. The zero-order valence-corrected chi connectivity index (χ0v) is 14.2. The van der Waals surface area contributed by atoms with E-state index in [1.54, 1.807) is 0 Å². The van der Waals surface area contributed by atoms with Crippen molar-refractivity contribution in [1.29, 1.82) is 0 Å². The number of benzene rings is 1. The number of hydrogen-bond donors (Lipinski definition) is 0. The molecular weight excluding hydrogens is 300 g/mol.